The van der Waals surface area contributed by atoms with Gasteiger partial charge in [-0.2, -0.15) is 26.3 Å². The quantitative estimate of drug-likeness (QED) is 0.657. The normalized spacial score (nSPS) is 13.3. The molecule has 132 valence electrons. The summed E-state index contributed by atoms with van der Waals surface area (Å²) in [5, 5.41) is 9.14. The van der Waals surface area contributed by atoms with Gasteiger partial charge in [0.05, 0.1) is 16.8 Å². The fourth-order valence-electron chi connectivity index (χ4n) is 1.92. The molecule has 11 heteroatoms. The molecule has 0 bridgehead atoms. The molecule has 0 aliphatic rings. The van der Waals surface area contributed by atoms with E-state index < -0.39 is 29.5 Å². The Kier molecular flexibility index (Phi) is 4.53. The lowest BCUT2D eigenvalue weighted by Crippen LogP contribution is -2.53. The molecule has 0 amide bonds. The smallest absolute Gasteiger partial charge is 0.430 e. The number of aliphatic hydroxyl groups is 1. The van der Waals surface area contributed by atoms with E-state index in [1.54, 1.807) is 0 Å². The van der Waals surface area contributed by atoms with Crippen molar-refractivity contribution >= 4 is 27.5 Å². The molecule has 0 fully saturated rings. The van der Waals surface area contributed by atoms with E-state index in [4.69, 9.17) is 0 Å². The van der Waals surface area contributed by atoms with Gasteiger partial charge in [-0.15, -0.1) is 11.3 Å². The monoisotopic (exact) mass is 373 g/mol. The molecular weight excluding hydrogens is 364 g/mol. The Morgan fingerprint density at radius 3 is 2.29 bits per heavy atom. The number of nitrogens with zero attached hydrogens (tertiary/aromatic N) is 1. The molecule has 0 aliphatic heterocycles. The highest BCUT2D eigenvalue weighted by atomic mass is 32.1. The second-order valence-electron chi connectivity index (χ2n) is 4.63. The van der Waals surface area contributed by atoms with Crippen LogP contribution in [0.15, 0.2) is 18.2 Å². The first kappa shape index (κ1) is 18.5. The van der Waals surface area contributed by atoms with Crippen LogP contribution in [0.25, 0.3) is 10.2 Å². The number of benzene rings is 1. The Hall–Kier alpha value is -1.88. The van der Waals surface area contributed by atoms with Crippen LogP contribution in [0.5, 0.6) is 0 Å². The predicted octanol–water partition coefficient (Wildman–Crippen LogP) is 3.79. The second-order valence-corrected chi connectivity index (χ2v) is 5.66. The zero-order chi connectivity index (χ0) is 18.3. The summed E-state index contributed by atoms with van der Waals surface area (Å²) in [5.74, 6) is -0.845. The molecule has 1 aromatic carbocycles. The molecule has 0 atom stereocenters. The van der Waals surface area contributed by atoms with Crippen LogP contribution in [0, 0.1) is 0 Å². The predicted molar refractivity (Wildman–Crippen MR) is 71.6 cm³/mol. The van der Waals surface area contributed by atoms with Gasteiger partial charge in [-0.3, -0.25) is 0 Å². The number of carbonyl (C=O) groups is 1. The molecule has 0 radical (unpaired) electrons. The van der Waals surface area contributed by atoms with E-state index in [2.05, 4.69) is 9.72 Å². The molecular formula is C13H9F6NO3S. The molecule has 0 unspecified atom stereocenters. The van der Waals surface area contributed by atoms with Crippen molar-refractivity contribution in [3.8, 4) is 0 Å². The lowest BCUT2D eigenvalue weighted by Gasteiger charge is -2.32. The third-order valence-corrected chi connectivity index (χ3v) is 4.07. The average molecular weight is 373 g/mol. The van der Waals surface area contributed by atoms with Gasteiger partial charge in [0.15, 0.2) is 0 Å². The molecule has 0 spiro atoms. The van der Waals surface area contributed by atoms with Crippen LogP contribution in [0.3, 0.4) is 0 Å². The summed E-state index contributed by atoms with van der Waals surface area (Å²) < 4.78 is 81.7. The number of fused-ring (bicyclic) bond motifs is 1. The van der Waals surface area contributed by atoms with Crippen LogP contribution in [0.1, 0.15) is 22.3 Å². The van der Waals surface area contributed by atoms with Crippen LogP contribution in [-0.4, -0.2) is 35.0 Å². The van der Waals surface area contributed by atoms with Crippen LogP contribution >= 0.6 is 11.3 Å². The SMILES string of the molecule is CCOC(=O)c1nc2ccc(C(O)(C(F)(F)F)C(F)(F)F)cc2s1. The maximum Gasteiger partial charge on any atom is 0.430 e. The van der Waals surface area contributed by atoms with Gasteiger partial charge in [0.2, 0.25) is 5.01 Å². The number of carbonyl (C=O) groups excluding carboxylic acids is 1. The van der Waals surface area contributed by atoms with Gasteiger partial charge in [0.25, 0.3) is 5.60 Å². The molecule has 4 nitrogen and oxygen atoms in total. The summed E-state index contributed by atoms with van der Waals surface area (Å²) in [6.07, 6.45) is -12.0. The van der Waals surface area contributed by atoms with Crippen molar-refractivity contribution < 1.29 is 41.0 Å². The Labute approximate surface area is 134 Å². The van der Waals surface area contributed by atoms with Crippen LogP contribution < -0.4 is 0 Å². The van der Waals surface area contributed by atoms with Crippen LogP contribution in [0.4, 0.5) is 26.3 Å². The molecule has 0 aliphatic carbocycles. The highest BCUT2D eigenvalue weighted by Gasteiger charge is 2.71. The van der Waals surface area contributed by atoms with Crippen molar-refractivity contribution in [3.05, 3.63) is 28.8 Å². The fourth-order valence-corrected chi connectivity index (χ4v) is 2.82. The van der Waals surface area contributed by atoms with Gasteiger partial charge in [0, 0.05) is 5.56 Å². The Morgan fingerprint density at radius 1 is 1.21 bits per heavy atom. The van der Waals surface area contributed by atoms with Crippen molar-refractivity contribution in [3.63, 3.8) is 0 Å². The largest absolute Gasteiger partial charge is 0.461 e. The first-order valence-electron chi connectivity index (χ1n) is 6.36. The molecule has 0 saturated carbocycles. The van der Waals surface area contributed by atoms with Gasteiger partial charge in [-0.25, -0.2) is 9.78 Å². The maximum atomic E-state index is 12.9. The molecule has 24 heavy (non-hydrogen) atoms. The van der Waals surface area contributed by atoms with E-state index >= 15 is 0 Å². The second kappa shape index (κ2) is 5.88. The van der Waals surface area contributed by atoms with Crippen LogP contribution in [0.2, 0.25) is 0 Å². The third-order valence-electron chi connectivity index (χ3n) is 3.08. The van der Waals surface area contributed by atoms with Gasteiger partial charge < -0.3 is 9.84 Å². The summed E-state index contributed by atoms with van der Waals surface area (Å²) in [6.45, 7) is 1.55. The number of aromatic nitrogens is 1. The number of thiazole rings is 1. The minimum absolute atomic E-state index is 0.0125. The van der Waals surface area contributed by atoms with Crippen molar-refractivity contribution in [2.24, 2.45) is 0 Å². The first-order chi connectivity index (χ1) is 10.9. The van der Waals surface area contributed by atoms with Gasteiger partial charge in [-0.1, -0.05) is 6.07 Å². The molecule has 1 N–H and O–H groups in total. The molecule has 2 aromatic rings. The van der Waals surface area contributed by atoms with Crippen molar-refractivity contribution in [1.82, 2.24) is 4.98 Å². The summed E-state index contributed by atoms with van der Waals surface area (Å²) in [7, 11) is 0. The van der Waals surface area contributed by atoms with E-state index in [0.717, 1.165) is 6.07 Å². The Balaban J connectivity index is 2.59. The topological polar surface area (TPSA) is 59.4 Å². The summed E-state index contributed by atoms with van der Waals surface area (Å²) in [5.41, 5.74) is -6.42. The average Bonchev–Trinajstić information content (AvgIpc) is 2.87. The van der Waals surface area contributed by atoms with E-state index in [-0.39, 0.29) is 21.8 Å². The number of rotatable bonds is 3. The third kappa shape index (κ3) is 2.93. The van der Waals surface area contributed by atoms with Gasteiger partial charge in [0.1, 0.15) is 0 Å². The molecule has 0 saturated heterocycles. The maximum absolute atomic E-state index is 12.9. The molecule has 1 aromatic heterocycles. The minimum Gasteiger partial charge on any atom is -0.461 e. The van der Waals surface area contributed by atoms with Gasteiger partial charge in [-0.05, 0) is 19.1 Å². The lowest BCUT2D eigenvalue weighted by atomic mass is 9.92. The van der Waals surface area contributed by atoms with E-state index in [0.29, 0.717) is 23.5 Å². The number of hydrogen-bond acceptors (Lipinski definition) is 5. The zero-order valence-electron chi connectivity index (χ0n) is 11.8. The van der Waals surface area contributed by atoms with Crippen molar-refractivity contribution in [1.29, 1.82) is 0 Å². The van der Waals surface area contributed by atoms with Crippen LogP contribution in [-0.2, 0) is 10.3 Å². The minimum atomic E-state index is -5.98. The first-order valence-corrected chi connectivity index (χ1v) is 7.17. The molecule has 2 rings (SSSR count). The summed E-state index contributed by atoms with van der Waals surface area (Å²) in [6, 6.07) is 1.85. The van der Waals surface area contributed by atoms with Crippen molar-refractivity contribution in [2.75, 3.05) is 6.61 Å². The number of alkyl halides is 6. The van der Waals surface area contributed by atoms with Gasteiger partial charge >= 0.3 is 18.3 Å². The standard InChI is InChI=1S/C13H9F6NO3S/c1-2-23-10(21)9-20-7-4-3-6(5-8(7)24-9)11(22,12(14,15)16)13(17,18)19/h3-5,22H,2H2,1H3. The lowest BCUT2D eigenvalue weighted by molar-refractivity contribution is -0.376. The van der Waals surface area contributed by atoms with E-state index in [1.807, 2.05) is 0 Å². The van der Waals surface area contributed by atoms with E-state index in [1.165, 1.54) is 6.92 Å². The highest BCUT2D eigenvalue weighted by molar-refractivity contribution is 7.20. The summed E-state index contributed by atoms with van der Waals surface area (Å²) >= 11 is 0.565. The number of esters is 1. The number of halogens is 6. The van der Waals surface area contributed by atoms with Crippen molar-refractivity contribution in [2.45, 2.75) is 24.9 Å². The number of hydrogen-bond donors (Lipinski definition) is 1. The fraction of sp³-hybridized carbons (Fsp3) is 0.385. The van der Waals surface area contributed by atoms with E-state index in [9.17, 15) is 36.2 Å². The molecule has 1 heterocycles. The summed E-state index contributed by atoms with van der Waals surface area (Å²) in [4.78, 5) is 15.3. The Bertz CT molecular complexity index is 753. The zero-order valence-corrected chi connectivity index (χ0v) is 12.6. The number of ether oxygens (including phenoxy) is 1. The Morgan fingerprint density at radius 2 is 1.79 bits per heavy atom. The highest BCUT2D eigenvalue weighted by Crippen LogP contribution is 2.50.